The number of nitrogens with one attached hydrogen (secondary N) is 1. The summed E-state index contributed by atoms with van der Waals surface area (Å²) in [5, 5.41) is 0. The third kappa shape index (κ3) is 5.71. The normalized spacial score (nSPS) is 15.7. The fourth-order valence-electron chi connectivity index (χ4n) is 3.17. The Balaban J connectivity index is 1.52. The fourth-order valence-corrected chi connectivity index (χ4v) is 3.17. The van der Waals surface area contributed by atoms with E-state index in [9.17, 15) is 31.5 Å². The predicted molar refractivity (Wildman–Crippen MR) is 102 cm³/mol. The largest absolute Gasteiger partial charge is 0.446 e. The van der Waals surface area contributed by atoms with E-state index in [-0.39, 0.29) is 36.6 Å². The molecule has 8 nitrogen and oxygen atoms in total. The third-order valence-corrected chi connectivity index (χ3v) is 4.82. The lowest BCUT2D eigenvalue weighted by molar-refractivity contribution is -0.138. The SMILES string of the molecule is CC(Cc1c[nH]c(=O)c(C(F)(F)F)c1)OC(=O)N1CCN(c2ncc(C(F)F)cn2)CC1. The van der Waals surface area contributed by atoms with Gasteiger partial charge in [0.2, 0.25) is 5.95 Å². The molecule has 0 aromatic carbocycles. The van der Waals surface area contributed by atoms with Crippen LogP contribution in [0.4, 0.5) is 32.7 Å². The molecule has 2 aromatic heterocycles. The zero-order chi connectivity index (χ0) is 23.5. The lowest BCUT2D eigenvalue weighted by atomic mass is 10.1. The Morgan fingerprint density at radius 3 is 2.38 bits per heavy atom. The molecule has 13 heteroatoms. The van der Waals surface area contributed by atoms with Crippen molar-refractivity contribution in [3.8, 4) is 0 Å². The second-order valence-corrected chi connectivity index (χ2v) is 7.24. The van der Waals surface area contributed by atoms with Crippen molar-refractivity contribution < 1.29 is 31.5 Å². The maximum Gasteiger partial charge on any atom is 0.421 e. The number of amides is 1. The smallest absolute Gasteiger partial charge is 0.421 e. The van der Waals surface area contributed by atoms with Crippen molar-refractivity contribution in [2.75, 3.05) is 31.1 Å². The van der Waals surface area contributed by atoms with Gasteiger partial charge < -0.3 is 19.5 Å². The number of piperazine rings is 1. The van der Waals surface area contributed by atoms with E-state index >= 15 is 0 Å². The van der Waals surface area contributed by atoms with E-state index in [0.29, 0.717) is 13.1 Å². The number of ether oxygens (including phenoxy) is 1. The van der Waals surface area contributed by atoms with Gasteiger partial charge in [-0.3, -0.25) is 4.79 Å². The molecule has 0 bridgehead atoms. The summed E-state index contributed by atoms with van der Waals surface area (Å²) in [5.41, 5.74) is -2.66. The highest BCUT2D eigenvalue weighted by molar-refractivity contribution is 5.68. The van der Waals surface area contributed by atoms with Crippen molar-refractivity contribution in [1.29, 1.82) is 0 Å². The Hall–Kier alpha value is -3.25. The van der Waals surface area contributed by atoms with Crippen molar-refractivity contribution in [3.63, 3.8) is 0 Å². The Bertz CT molecular complexity index is 988. The van der Waals surface area contributed by atoms with Gasteiger partial charge in [0.25, 0.3) is 12.0 Å². The molecule has 1 fully saturated rings. The maximum atomic E-state index is 12.9. The number of nitrogens with zero attached hydrogens (tertiary/aromatic N) is 4. The molecular weight excluding hydrogens is 441 g/mol. The molecule has 3 heterocycles. The number of alkyl halides is 5. The van der Waals surface area contributed by atoms with Crippen LogP contribution in [0, 0.1) is 0 Å². The lowest BCUT2D eigenvalue weighted by Crippen LogP contribution is -2.50. The minimum absolute atomic E-state index is 0.0180. The van der Waals surface area contributed by atoms with Crippen LogP contribution in [0.15, 0.2) is 29.5 Å². The monoisotopic (exact) mass is 461 g/mol. The van der Waals surface area contributed by atoms with Crippen molar-refractivity contribution in [2.45, 2.75) is 32.1 Å². The molecule has 1 N–H and O–H groups in total. The number of rotatable bonds is 5. The Morgan fingerprint density at radius 1 is 1.19 bits per heavy atom. The predicted octanol–water partition coefficient (Wildman–Crippen LogP) is 3.01. The zero-order valence-electron chi connectivity index (χ0n) is 16.9. The molecule has 0 spiro atoms. The van der Waals surface area contributed by atoms with Crippen molar-refractivity contribution in [3.05, 3.63) is 51.7 Å². The number of carbonyl (C=O) groups excluding carboxylic acids is 1. The summed E-state index contributed by atoms with van der Waals surface area (Å²) in [7, 11) is 0. The first-order valence-corrected chi connectivity index (χ1v) is 9.64. The van der Waals surface area contributed by atoms with Crippen molar-refractivity contribution >= 4 is 12.0 Å². The highest BCUT2D eigenvalue weighted by Gasteiger charge is 2.34. The molecule has 2 aromatic rings. The number of hydrogen-bond acceptors (Lipinski definition) is 6. The van der Waals surface area contributed by atoms with Crippen LogP contribution in [-0.2, 0) is 17.3 Å². The first-order chi connectivity index (χ1) is 15.0. The second kappa shape index (κ2) is 9.49. The molecule has 32 heavy (non-hydrogen) atoms. The molecule has 0 radical (unpaired) electrons. The molecule has 174 valence electrons. The number of halogens is 5. The van der Waals surface area contributed by atoms with Gasteiger partial charge >= 0.3 is 12.3 Å². The molecule has 0 saturated carbocycles. The molecule has 1 unspecified atom stereocenters. The molecule has 1 saturated heterocycles. The van der Waals surface area contributed by atoms with Gasteiger partial charge in [0.1, 0.15) is 11.7 Å². The first-order valence-electron chi connectivity index (χ1n) is 9.64. The van der Waals surface area contributed by atoms with E-state index in [2.05, 4.69) is 9.97 Å². The molecule has 1 aliphatic heterocycles. The summed E-state index contributed by atoms with van der Waals surface area (Å²) in [5.74, 6) is 0.273. The van der Waals surface area contributed by atoms with E-state index < -0.39 is 35.9 Å². The van der Waals surface area contributed by atoms with Crippen molar-refractivity contribution in [2.24, 2.45) is 0 Å². The number of anilines is 1. The number of pyridine rings is 1. The summed E-state index contributed by atoms with van der Waals surface area (Å²) in [6.45, 7) is 2.77. The molecule has 3 rings (SSSR count). The minimum atomic E-state index is -4.79. The second-order valence-electron chi connectivity index (χ2n) is 7.24. The number of H-pyrrole nitrogens is 1. The van der Waals surface area contributed by atoms with Crippen molar-refractivity contribution in [1.82, 2.24) is 19.9 Å². The lowest BCUT2D eigenvalue weighted by Gasteiger charge is -2.34. The molecule has 1 atom stereocenters. The number of aromatic amines is 1. The number of carbonyl (C=O) groups is 1. The summed E-state index contributed by atoms with van der Waals surface area (Å²) in [6.07, 6.45) is -5.58. The minimum Gasteiger partial charge on any atom is -0.446 e. The quantitative estimate of drug-likeness (QED) is 0.689. The van der Waals surface area contributed by atoms with Gasteiger partial charge in [0, 0.05) is 51.2 Å². The summed E-state index contributed by atoms with van der Waals surface area (Å²) < 4.78 is 69.1. The number of aromatic nitrogens is 3. The standard InChI is InChI=1S/C19H20F5N5O3/c1-11(6-12-7-14(19(22,23)24)16(30)25-8-12)32-18(31)29-4-2-28(3-5-29)17-26-9-13(10-27-17)15(20)21/h7-11,15H,2-6H2,1H3,(H,25,30). The van der Waals surface area contributed by atoms with Crippen LogP contribution in [0.3, 0.4) is 0 Å². The first kappa shape index (κ1) is 23.4. The van der Waals surface area contributed by atoms with Gasteiger partial charge in [-0.2, -0.15) is 13.2 Å². The highest BCUT2D eigenvalue weighted by atomic mass is 19.4. The van der Waals surface area contributed by atoms with Crippen LogP contribution in [0.5, 0.6) is 0 Å². The van der Waals surface area contributed by atoms with Crippen LogP contribution >= 0.6 is 0 Å². The topological polar surface area (TPSA) is 91.4 Å². The van der Waals surface area contributed by atoms with Gasteiger partial charge in [-0.25, -0.2) is 23.5 Å². The van der Waals surface area contributed by atoms with Gasteiger partial charge in [-0.15, -0.1) is 0 Å². The zero-order valence-corrected chi connectivity index (χ0v) is 16.9. The Labute approximate surface area is 179 Å². The number of hydrogen-bond donors (Lipinski definition) is 1. The van der Waals surface area contributed by atoms with Crippen LogP contribution < -0.4 is 10.5 Å². The van der Waals surface area contributed by atoms with Gasteiger partial charge in [-0.1, -0.05) is 0 Å². The Kier molecular flexibility index (Phi) is 6.94. The fraction of sp³-hybridized carbons (Fsp3) is 0.474. The molecule has 0 aliphatic carbocycles. The summed E-state index contributed by atoms with van der Waals surface area (Å²) in [4.78, 5) is 36.8. The van der Waals surface area contributed by atoms with Gasteiger partial charge in [0.15, 0.2) is 0 Å². The van der Waals surface area contributed by atoms with Crippen LogP contribution in [0.25, 0.3) is 0 Å². The third-order valence-electron chi connectivity index (χ3n) is 4.82. The van der Waals surface area contributed by atoms with E-state index in [1.807, 2.05) is 4.98 Å². The van der Waals surface area contributed by atoms with Crippen LogP contribution in [0.1, 0.15) is 30.0 Å². The summed E-state index contributed by atoms with van der Waals surface area (Å²) >= 11 is 0. The van der Waals surface area contributed by atoms with Crippen LogP contribution in [-0.4, -0.2) is 58.2 Å². The van der Waals surface area contributed by atoms with E-state index in [4.69, 9.17) is 4.74 Å². The molecule has 1 amide bonds. The molecular formula is C19H20F5N5O3. The van der Waals surface area contributed by atoms with Gasteiger partial charge in [-0.05, 0) is 18.6 Å². The van der Waals surface area contributed by atoms with E-state index in [1.165, 1.54) is 11.8 Å². The van der Waals surface area contributed by atoms with Gasteiger partial charge in [0.05, 0.1) is 5.56 Å². The average molecular weight is 461 g/mol. The summed E-state index contributed by atoms with van der Waals surface area (Å²) in [6, 6.07) is 0.737. The van der Waals surface area contributed by atoms with E-state index in [0.717, 1.165) is 24.7 Å². The maximum absolute atomic E-state index is 12.9. The van der Waals surface area contributed by atoms with Crippen LogP contribution in [0.2, 0.25) is 0 Å². The highest BCUT2D eigenvalue weighted by Crippen LogP contribution is 2.27. The van der Waals surface area contributed by atoms with E-state index in [1.54, 1.807) is 4.90 Å². The average Bonchev–Trinajstić information content (AvgIpc) is 2.74. The molecule has 1 aliphatic rings. The Morgan fingerprint density at radius 2 is 1.81 bits per heavy atom.